The molecule has 1 heterocycles. The van der Waals surface area contributed by atoms with Crippen LogP contribution in [0.3, 0.4) is 0 Å². The Hall–Kier alpha value is -1.62. The summed E-state index contributed by atoms with van der Waals surface area (Å²) < 4.78 is 10.2. The van der Waals surface area contributed by atoms with E-state index in [1.54, 1.807) is 6.26 Å². The molecule has 0 radical (unpaired) electrons. The molecule has 94 valence electrons. The summed E-state index contributed by atoms with van der Waals surface area (Å²) in [6, 6.07) is 1.84. The second-order valence-electron chi connectivity index (χ2n) is 4.15. The summed E-state index contributed by atoms with van der Waals surface area (Å²) in [6.07, 6.45) is 1.37. The Balaban J connectivity index is 2.49. The lowest BCUT2D eigenvalue weighted by Crippen LogP contribution is -2.13. The number of carbonyl (C=O) groups excluding carboxylic acids is 2. The van der Waals surface area contributed by atoms with Gasteiger partial charge in [-0.05, 0) is 27.1 Å². The highest BCUT2D eigenvalue weighted by molar-refractivity contribution is 5.94. The van der Waals surface area contributed by atoms with Gasteiger partial charge in [0.2, 0.25) is 0 Å². The average molecular weight is 239 g/mol. The zero-order valence-corrected chi connectivity index (χ0v) is 10.4. The van der Waals surface area contributed by atoms with Gasteiger partial charge in [0.25, 0.3) is 0 Å². The molecule has 0 fully saturated rings. The van der Waals surface area contributed by atoms with E-state index in [-0.39, 0.29) is 18.8 Å². The Morgan fingerprint density at radius 1 is 1.41 bits per heavy atom. The van der Waals surface area contributed by atoms with Crippen molar-refractivity contribution >= 4 is 11.8 Å². The standard InChI is InChI=1S/C12H17NO4/c1-9(14)6-12(15)17-8-11-10(4-5-16-11)7-13(2)3/h4-5H,6-8H2,1-3H3. The molecule has 1 aromatic heterocycles. The Labute approximate surface area is 100 Å². The molecule has 0 unspecified atom stereocenters. The van der Waals surface area contributed by atoms with Crippen molar-refractivity contribution in [3.63, 3.8) is 0 Å². The summed E-state index contributed by atoms with van der Waals surface area (Å²) >= 11 is 0. The lowest BCUT2D eigenvalue weighted by molar-refractivity contribution is -0.147. The molecule has 0 aliphatic rings. The maximum atomic E-state index is 11.2. The number of Topliss-reactive ketones (excluding diaryl/α,β-unsaturated/α-hetero) is 1. The number of hydrogen-bond acceptors (Lipinski definition) is 5. The van der Waals surface area contributed by atoms with Crippen LogP contribution in [0.15, 0.2) is 16.7 Å². The molecule has 17 heavy (non-hydrogen) atoms. The van der Waals surface area contributed by atoms with Gasteiger partial charge >= 0.3 is 5.97 Å². The number of nitrogens with zero attached hydrogens (tertiary/aromatic N) is 1. The van der Waals surface area contributed by atoms with Crippen LogP contribution in [0.4, 0.5) is 0 Å². The number of furan rings is 1. The first-order chi connectivity index (χ1) is 7.99. The fourth-order valence-corrected chi connectivity index (χ4v) is 1.38. The smallest absolute Gasteiger partial charge is 0.313 e. The van der Waals surface area contributed by atoms with Crippen LogP contribution in [0, 0.1) is 0 Å². The molecule has 0 saturated heterocycles. The number of rotatable bonds is 6. The lowest BCUT2D eigenvalue weighted by atomic mass is 10.2. The summed E-state index contributed by atoms with van der Waals surface area (Å²) in [5.74, 6) is -0.108. The Morgan fingerprint density at radius 2 is 2.12 bits per heavy atom. The molecular weight excluding hydrogens is 222 g/mol. The van der Waals surface area contributed by atoms with Gasteiger partial charge in [-0.15, -0.1) is 0 Å². The van der Waals surface area contributed by atoms with E-state index in [2.05, 4.69) is 0 Å². The van der Waals surface area contributed by atoms with E-state index in [0.29, 0.717) is 5.76 Å². The van der Waals surface area contributed by atoms with Crippen LogP contribution in [0.5, 0.6) is 0 Å². The second-order valence-corrected chi connectivity index (χ2v) is 4.15. The van der Waals surface area contributed by atoms with Crippen LogP contribution in [0.1, 0.15) is 24.7 Å². The quantitative estimate of drug-likeness (QED) is 0.554. The summed E-state index contributed by atoms with van der Waals surface area (Å²) in [5, 5.41) is 0. The van der Waals surface area contributed by atoms with Gasteiger partial charge in [0, 0.05) is 12.1 Å². The first-order valence-electron chi connectivity index (χ1n) is 5.34. The molecule has 0 bridgehead atoms. The monoisotopic (exact) mass is 239 g/mol. The van der Waals surface area contributed by atoms with Crippen LogP contribution in [0.2, 0.25) is 0 Å². The van der Waals surface area contributed by atoms with Crippen molar-refractivity contribution in [2.24, 2.45) is 0 Å². The van der Waals surface area contributed by atoms with Gasteiger partial charge in [-0.25, -0.2) is 0 Å². The number of hydrogen-bond donors (Lipinski definition) is 0. The summed E-state index contributed by atoms with van der Waals surface area (Å²) in [6.45, 7) is 2.14. The molecular formula is C12H17NO4. The predicted octanol–water partition coefficient (Wildman–Crippen LogP) is 1.36. The molecule has 0 spiro atoms. The zero-order valence-electron chi connectivity index (χ0n) is 10.4. The van der Waals surface area contributed by atoms with Crippen LogP contribution < -0.4 is 0 Å². The molecule has 5 nitrogen and oxygen atoms in total. The van der Waals surface area contributed by atoms with Gasteiger partial charge in [-0.2, -0.15) is 0 Å². The van der Waals surface area contributed by atoms with Gasteiger partial charge in [0.15, 0.2) is 0 Å². The Bertz CT molecular complexity index is 395. The Kier molecular flexibility index (Phi) is 4.90. The third-order valence-corrected chi connectivity index (χ3v) is 2.08. The SMILES string of the molecule is CC(=O)CC(=O)OCc1occc1CN(C)C. The van der Waals surface area contributed by atoms with Crippen LogP contribution >= 0.6 is 0 Å². The van der Waals surface area contributed by atoms with Gasteiger partial charge in [0.05, 0.1) is 6.26 Å². The van der Waals surface area contributed by atoms with Crippen LogP contribution in [0.25, 0.3) is 0 Å². The fraction of sp³-hybridized carbons (Fsp3) is 0.500. The number of ether oxygens (including phenoxy) is 1. The van der Waals surface area contributed by atoms with Crippen molar-refractivity contribution in [1.82, 2.24) is 4.90 Å². The third kappa shape index (κ3) is 4.82. The van der Waals surface area contributed by atoms with E-state index in [0.717, 1.165) is 12.1 Å². The van der Waals surface area contributed by atoms with E-state index >= 15 is 0 Å². The fourth-order valence-electron chi connectivity index (χ4n) is 1.38. The average Bonchev–Trinajstić information content (AvgIpc) is 2.60. The topological polar surface area (TPSA) is 59.8 Å². The highest BCUT2D eigenvalue weighted by Gasteiger charge is 2.11. The second kappa shape index (κ2) is 6.20. The molecule has 0 N–H and O–H groups in total. The van der Waals surface area contributed by atoms with Gasteiger partial charge in [0.1, 0.15) is 24.6 Å². The van der Waals surface area contributed by atoms with Gasteiger partial charge in [-0.1, -0.05) is 0 Å². The van der Waals surface area contributed by atoms with Crippen LogP contribution in [-0.2, 0) is 27.5 Å². The minimum atomic E-state index is -0.523. The number of esters is 1. The molecule has 1 rings (SSSR count). The van der Waals surface area contributed by atoms with E-state index < -0.39 is 5.97 Å². The van der Waals surface area contributed by atoms with E-state index in [4.69, 9.17) is 9.15 Å². The molecule has 0 aliphatic heterocycles. The molecule has 0 saturated carbocycles. The maximum Gasteiger partial charge on any atom is 0.313 e. The van der Waals surface area contributed by atoms with Crippen molar-refractivity contribution in [1.29, 1.82) is 0 Å². The highest BCUT2D eigenvalue weighted by atomic mass is 16.5. The molecule has 1 aromatic rings. The normalized spacial score (nSPS) is 10.6. The summed E-state index contributed by atoms with van der Waals surface area (Å²) in [7, 11) is 3.89. The summed E-state index contributed by atoms with van der Waals surface area (Å²) in [5.41, 5.74) is 0.977. The molecule has 0 atom stereocenters. The maximum absolute atomic E-state index is 11.2. The van der Waals surface area contributed by atoms with Gasteiger partial charge < -0.3 is 14.1 Å². The van der Waals surface area contributed by atoms with E-state index in [1.165, 1.54) is 6.92 Å². The molecule has 0 aliphatic carbocycles. The van der Waals surface area contributed by atoms with Crippen molar-refractivity contribution in [3.05, 3.63) is 23.7 Å². The zero-order chi connectivity index (χ0) is 12.8. The van der Waals surface area contributed by atoms with Crippen molar-refractivity contribution in [2.75, 3.05) is 14.1 Å². The van der Waals surface area contributed by atoms with Crippen molar-refractivity contribution < 1.29 is 18.7 Å². The highest BCUT2D eigenvalue weighted by Crippen LogP contribution is 2.13. The largest absolute Gasteiger partial charge is 0.465 e. The summed E-state index contributed by atoms with van der Waals surface area (Å²) in [4.78, 5) is 23.9. The Morgan fingerprint density at radius 3 is 2.71 bits per heavy atom. The minimum absolute atomic E-state index is 0.0717. The first kappa shape index (κ1) is 13.4. The van der Waals surface area contributed by atoms with Gasteiger partial charge in [-0.3, -0.25) is 9.59 Å². The van der Waals surface area contributed by atoms with E-state index in [9.17, 15) is 9.59 Å². The van der Waals surface area contributed by atoms with Crippen molar-refractivity contribution in [3.8, 4) is 0 Å². The molecule has 0 amide bonds. The lowest BCUT2D eigenvalue weighted by Gasteiger charge is -2.09. The minimum Gasteiger partial charge on any atom is -0.465 e. The number of carbonyl (C=O) groups is 2. The molecule has 0 aromatic carbocycles. The van der Waals surface area contributed by atoms with E-state index in [1.807, 2.05) is 25.1 Å². The third-order valence-electron chi connectivity index (χ3n) is 2.08. The van der Waals surface area contributed by atoms with Crippen molar-refractivity contribution in [2.45, 2.75) is 26.5 Å². The molecule has 5 heteroatoms. The predicted molar refractivity (Wildman–Crippen MR) is 61.2 cm³/mol. The first-order valence-corrected chi connectivity index (χ1v) is 5.34. The van der Waals surface area contributed by atoms with Crippen LogP contribution in [-0.4, -0.2) is 30.7 Å². The number of ketones is 1.